The molecule has 6 heteroatoms. The van der Waals surface area contributed by atoms with Crippen LogP contribution in [-0.4, -0.2) is 32.2 Å². The van der Waals surface area contributed by atoms with Gasteiger partial charge >= 0.3 is 0 Å². The number of pyridine rings is 2. The minimum absolute atomic E-state index is 0.505. The second-order valence-corrected chi connectivity index (χ2v) is 8.04. The van der Waals surface area contributed by atoms with E-state index in [4.69, 9.17) is 4.74 Å². The van der Waals surface area contributed by atoms with E-state index in [1.165, 1.54) is 0 Å². The Bertz CT molecular complexity index is 1600. The molecule has 0 amide bonds. The topological polar surface area (TPSA) is 86.8 Å². The van der Waals surface area contributed by atoms with Gasteiger partial charge in [-0.2, -0.15) is 0 Å². The van der Waals surface area contributed by atoms with Gasteiger partial charge in [0.2, 0.25) is 0 Å². The van der Waals surface area contributed by atoms with E-state index in [9.17, 15) is 5.11 Å². The molecule has 1 unspecified atom stereocenters. The van der Waals surface area contributed by atoms with Gasteiger partial charge in [-0.25, -0.2) is 0 Å². The molecule has 6 nitrogen and oxygen atoms in total. The third-order valence-electron chi connectivity index (χ3n) is 6.23. The molecule has 0 fully saturated rings. The first-order chi connectivity index (χ1) is 15.7. The van der Waals surface area contributed by atoms with Gasteiger partial charge in [0.25, 0.3) is 0 Å². The third kappa shape index (κ3) is 2.84. The van der Waals surface area contributed by atoms with Gasteiger partial charge in [0.1, 0.15) is 5.75 Å². The number of methoxy groups -OCH3 is 1. The maximum atomic E-state index is 11.1. The average Bonchev–Trinajstić information content (AvgIpc) is 3.41. The molecule has 158 valence electrons. The summed E-state index contributed by atoms with van der Waals surface area (Å²) in [4.78, 5) is 16.1. The molecule has 2 aromatic carbocycles. The average molecular weight is 422 g/mol. The van der Waals surface area contributed by atoms with Crippen LogP contribution in [0.1, 0.15) is 23.9 Å². The Labute approximate surface area is 183 Å². The number of aliphatic hydroxyl groups is 1. The highest BCUT2D eigenvalue weighted by atomic mass is 16.5. The van der Waals surface area contributed by atoms with Crippen molar-refractivity contribution in [3.8, 4) is 5.75 Å². The molecule has 4 heterocycles. The van der Waals surface area contributed by atoms with Crippen LogP contribution in [0.15, 0.2) is 67.0 Å². The van der Waals surface area contributed by atoms with Crippen molar-refractivity contribution in [1.29, 1.82) is 0 Å². The summed E-state index contributed by atoms with van der Waals surface area (Å²) in [5.74, 6) is 0.742. The van der Waals surface area contributed by atoms with Gasteiger partial charge in [-0.15, -0.1) is 0 Å². The highest BCUT2D eigenvalue weighted by molar-refractivity contribution is 6.11. The summed E-state index contributed by atoms with van der Waals surface area (Å²) in [6.45, 7) is 0. The summed E-state index contributed by atoms with van der Waals surface area (Å²) in [5, 5.41) is 15.4. The standard InChI is InChI=1S/C26H22N4O2/c1-32-22-14-28-20(25-23(22)17-7-3-5-9-19(17)30-25)10-11-21(31)26-24-16(12-13-27-26)15-6-2-4-8-18(15)29-24/h2-9,12-14,21,29-31H,10-11H2,1H3. The highest BCUT2D eigenvalue weighted by Gasteiger charge is 2.19. The maximum Gasteiger partial charge on any atom is 0.147 e. The van der Waals surface area contributed by atoms with Crippen LogP contribution in [-0.2, 0) is 6.42 Å². The quantitative estimate of drug-likeness (QED) is 0.346. The van der Waals surface area contributed by atoms with Crippen molar-refractivity contribution < 1.29 is 9.84 Å². The number of para-hydroxylation sites is 2. The lowest BCUT2D eigenvalue weighted by Gasteiger charge is -2.12. The van der Waals surface area contributed by atoms with E-state index in [2.05, 4.69) is 32.1 Å². The molecule has 32 heavy (non-hydrogen) atoms. The van der Waals surface area contributed by atoms with Crippen LogP contribution in [0.4, 0.5) is 0 Å². The molecule has 0 saturated heterocycles. The lowest BCUT2D eigenvalue weighted by molar-refractivity contribution is 0.164. The predicted octanol–water partition coefficient (Wildman–Crippen LogP) is 5.42. The van der Waals surface area contributed by atoms with Gasteiger partial charge < -0.3 is 19.8 Å². The van der Waals surface area contributed by atoms with Crippen molar-refractivity contribution in [3.63, 3.8) is 0 Å². The van der Waals surface area contributed by atoms with Crippen LogP contribution < -0.4 is 4.74 Å². The van der Waals surface area contributed by atoms with Crippen LogP contribution >= 0.6 is 0 Å². The van der Waals surface area contributed by atoms with Gasteiger partial charge in [-0.3, -0.25) is 9.97 Å². The Morgan fingerprint density at radius 3 is 2.41 bits per heavy atom. The number of aryl methyl sites for hydroxylation is 1. The van der Waals surface area contributed by atoms with Crippen molar-refractivity contribution in [1.82, 2.24) is 19.9 Å². The van der Waals surface area contributed by atoms with E-state index in [1.54, 1.807) is 19.5 Å². The van der Waals surface area contributed by atoms with E-state index < -0.39 is 6.10 Å². The summed E-state index contributed by atoms with van der Waals surface area (Å²) in [6.07, 6.45) is 3.93. The van der Waals surface area contributed by atoms with Crippen molar-refractivity contribution in [3.05, 3.63) is 78.4 Å². The van der Waals surface area contributed by atoms with Crippen LogP contribution in [0.2, 0.25) is 0 Å². The van der Waals surface area contributed by atoms with Crippen molar-refractivity contribution >= 4 is 43.6 Å². The maximum absolute atomic E-state index is 11.1. The minimum Gasteiger partial charge on any atom is -0.494 e. The molecule has 0 aliphatic rings. The van der Waals surface area contributed by atoms with Crippen LogP contribution in [0, 0.1) is 0 Å². The molecule has 6 aromatic rings. The lowest BCUT2D eigenvalue weighted by Crippen LogP contribution is -2.04. The number of aliphatic hydroxyl groups excluding tert-OH is 1. The number of nitrogens with one attached hydrogen (secondary N) is 2. The zero-order chi connectivity index (χ0) is 21.7. The number of benzene rings is 2. The highest BCUT2D eigenvalue weighted by Crippen LogP contribution is 2.35. The largest absolute Gasteiger partial charge is 0.494 e. The van der Waals surface area contributed by atoms with Crippen LogP contribution in [0.3, 0.4) is 0 Å². The van der Waals surface area contributed by atoms with Gasteiger partial charge in [0, 0.05) is 33.4 Å². The number of rotatable bonds is 5. The fourth-order valence-electron chi connectivity index (χ4n) is 4.68. The fourth-order valence-corrected chi connectivity index (χ4v) is 4.68. The van der Waals surface area contributed by atoms with Gasteiger partial charge in [0.05, 0.1) is 47.2 Å². The Balaban J connectivity index is 1.37. The van der Waals surface area contributed by atoms with E-state index in [-0.39, 0.29) is 0 Å². The number of hydrogen-bond donors (Lipinski definition) is 3. The van der Waals surface area contributed by atoms with Gasteiger partial charge in [-0.05, 0) is 31.0 Å². The third-order valence-corrected chi connectivity index (χ3v) is 6.23. The number of H-pyrrole nitrogens is 2. The molecule has 0 radical (unpaired) electrons. The summed E-state index contributed by atoms with van der Waals surface area (Å²) in [6, 6.07) is 18.3. The summed E-state index contributed by atoms with van der Waals surface area (Å²) in [7, 11) is 1.66. The fraction of sp³-hybridized carbons (Fsp3) is 0.154. The number of aromatic amines is 2. The van der Waals surface area contributed by atoms with Crippen molar-refractivity contribution in [2.45, 2.75) is 18.9 Å². The zero-order valence-corrected chi connectivity index (χ0v) is 17.6. The Morgan fingerprint density at radius 1 is 0.875 bits per heavy atom. The molecule has 6 rings (SSSR count). The molecule has 4 aromatic heterocycles. The normalized spacial score (nSPS) is 12.8. The first kappa shape index (κ1) is 18.8. The van der Waals surface area contributed by atoms with Crippen LogP contribution in [0.5, 0.6) is 5.75 Å². The number of fused-ring (bicyclic) bond motifs is 6. The molecule has 0 bridgehead atoms. The van der Waals surface area contributed by atoms with Gasteiger partial charge in [0.15, 0.2) is 0 Å². The van der Waals surface area contributed by atoms with Gasteiger partial charge in [-0.1, -0.05) is 36.4 Å². The first-order valence-corrected chi connectivity index (χ1v) is 10.7. The molecule has 0 saturated carbocycles. The lowest BCUT2D eigenvalue weighted by atomic mass is 10.0. The number of ether oxygens (including phenoxy) is 1. The summed E-state index contributed by atoms with van der Waals surface area (Å²) in [5.41, 5.74) is 5.50. The predicted molar refractivity (Wildman–Crippen MR) is 127 cm³/mol. The van der Waals surface area contributed by atoms with Crippen molar-refractivity contribution in [2.75, 3.05) is 7.11 Å². The molecule has 0 aliphatic carbocycles. The van der Waals surface area contributed by atoms with Crippen LogP contribution in [0.25, 0.3) is 43.6 Å². The van der Waals surface area contributed by atoms with E-state index in [1.807, 2.05) is 42.5 Å². The Morgan fingerprint density at radius 2 is 1.59 bits per heavy atom. The zero-order valence-electron chi connectivity index (χ0n) is 17.6. The van der Waals surface area contributed by atoms with E-state index >= 15 is 0 Å². The smallest absolute Gasteiger partial charge is 0.147 e. The number of hydrogen-bond acceptors (Lipinski definition) is 4. The van der Waals surface area contributed by atoms with E-state index in [0.29, 0.717) is 18.5 Å². The molecule has 3 N–H and O–H groups in total. The SMILES string of the molecule is COc1cnc(CCC(O)c2nccc3c2[nH]c2ccccc23)c2[nH]c3ccccc3c12. The molecular formula is C26H22N4O2. The monoisotopic (exact) mass is 422 g/mol. The first-order valence-electron chi connectivity index (χ1n) is 10.7. The molecule has 0 spiro atoms. The Kier molecular flexibility index (Phi) is 4.33. The minimum atomic E-state index is -0.713. The van der Waals surface area contributed by atoms with Crippen molar-refractivity contribution in [2.24, 2.45) is 0 Å². The molecule has 0 aliphatic heterocycles. The second-order valence-electron chi connectivity index (χ2n) is 8.04. The second kappa shape index (κ2) is 7.35. The van der Waals surface area contributed by atoms with E-state index in [0.717, 1.165) is 55.1 Å². The number of aromatic nitrogens is 4. The summed E-state index contributed by atoms with van der Waals surface area (Å²) < 4.78 is 5.57. The summed E-state index contributed by atoms with van der Waals surface area (Å²) >= 11 is 0. The molecular weight excluding hydrogens is 400 g/mol. The Hall–Kier alpha value is -3.90. The number of nitrogens with zero attached hydrogens (tertiary/aromatic N) is 2. The molecule has 1 atom stereocenters.